The van der Waals surface area contributed by atoms with Gasteiger partial charge in [0.2, 0.25) is 21.8 Å². The zero-order chi connectivity index (χ0) is 19.4. The summed E-state index contributed by atoms with van der Waals surface area (Å²) in [6.45, 7) is 2.62. The Hall–Kier alpha value is -1.93. The standard InChI is InChI=1S/C19H27N3O4S/c1-14(23)21-17-6-8-18(9-7-17)27(25,26)20-12-19(24)22-11-10-15-4-2-3-5-16(15)13-22/h6-9,15-16,20H,2-5,10-13H2,1H3,(H,21,23)/t15-,16-/m1/s1. The Morgan fingerprint density at radius 1 is 1.07 bits per heavy atom. The molecule has 1 aromatic rings. The molecule has 0 aromatic heterocycles. The number of likely N-dealkylation sites (tertiary alicyclic amines) is 1. The van der Waals surface area contributed by atoms with Gasteiger partial charge in [0.25, 0.3) is 0 Å². The zero-order valence-corrected chi connectivity index (χ0v) is 16.4. The Morgan fingerprint density at radius 2 is 1.74 bits per heavy atom. The minimum Gasteiger partial charge on any atom is -0.341 e. The van der Waals surface area contributed by atoms with E-state index in [0.29, 0.717) is 18.2 Å². The van der Waals surface area contributed by atoms with E-state index in [9.17, 15) is 18.0 Å². The minimum absolute atomic E-state index is 0.0652. The molecule has 8 heteroatoms. The lowest BCUT2D eigenvalue weighted by Crippen LogP contribution is -2.48. The summed E-state index contributed by atoms with van der Waals surface area (Å²) in [6.07, 6.45) is 5.96. The highest BCUT2D eigenvalue weighted by atomic mass is 32.2. The summed E-state index contributed by atoms with van der Waals surface area (Å²) in [7, 11) is -3.77. The molecule has 1 aliphatic carbocycles. The molecule has 0 spiro atoms. The Balaban J connectivity index is 1.55. The van der Waals surface area contributed by atoms with Crippen molar-refractivity contribution in [3.63, 3.8) is 0 Å². The van der Waals surface area contributed by atoms with Crippen LogP contribution in [-0.2, 0) is 19.6 Å². The van der Waals surface area contributed by atoms with Gasteiger partial charge >= 0.3 is 0 Å². The lowest BCUT2D eigenvalue weighted by atomic mass is 9.75. The van der Waals surface area contributed by atoms with E-state index >= 15 is 0 Å². The van der Waals surface area contributed by atoms with Crippen LogP contribution >= 0.6 is 0 Å². The molecule has 2 N–H and O–H groups in total. The van der Waals surface area contributed by atoms with Gasteiger partial charge in [-0.25, -0.2) is 13.1 Å². The van der Waals surface area contributed by atoms with Crippen LogP contribution in [0.4, 0.5) is 5.69 Å². The second kappa shape index (κ2) is 8.39. The summed E-state index contributed by atoms with van der Waals surface area (Å²) in [5.41, 5.74) is 0.521. The van der Waals surface area contributed by atoms with E-state index in [-0.39, 0.29) is 23.3 Å². The number of fused-ring (bicyclic) bond motifs is 1. The molecule has 0 radical (unpaired) electrons. The van der Waals surface area contributed by atoms with Gasteiger partial charge in [0.15, 0.2) is 0 Å². The van der Waals surface area contributed by atoms with Crippen LogP contribution in [0.25, 0.3) is 0 Å². The fourth-order valence-corrected chi connectivity index (χ4v) is 5.07. The summed E-state index contributed by atoms with van der Waals surface area (Å²) in [5.74, 6) is 0.893. The van der Waals surface area contributed by atoms with Crippen molar-refractivity contribution in [1.82, 2.24) is 9.62 Å². The monoisotopic (exact) mass is 393 g/mol. The van der Waals surface area contributed by atoms with Crippen LogP contribution in [0.5, 0.6) is 0 Å². The molecule has 148 valence electrons. The van der Waals surface area contributed by atoms with Crippen LogP contribution in [0.1, 0.15) is 39.0 Å². The molecule has 3 rings (SSSR count). The Morgan fingerprint density at radius 3 is 2.41 bits per heavy atom. The van der Waals surface area contributed by atoms with Crippen molar-refractivity contribution in [2.75, 3.05) is 25.0 Å². The summed E-state index contributed by atoms with van der Waals surface area (Å²) in [4.78, 5) is 25.4. The van der Waals surface area contributed by atoms with E-state index < -0.39 is 10.0 Å². The highest BCUT2D eigenvalue weighted by Crippen LogP contribution is 2.35. The maximum Gasteiger partial charge on any atom is 0.241 e. The SMILES string of the molecule is CC(=O)Nc1ccc(S(=O)(=O)NCC(=O)N2CC[C@H]3CCCC[C@@H]3C2)cc1. The lowest BCUT2D eigenvalue weighted by molar-refractivity contribution is -0.133. The summed E-state index contributed by atoms with van der Waals surface area (Å²) in [5, 5.41) is 2.58. The second-order valence-corrected chi connectivity index (χ2v) is 9.23. The fraction of sp³-hybridized carbons (Fsp3) is 0.579. The van der Waals surface area contributed by atoms with Crippen LogP contribution in [0.3, 0.4) is 0 Å². The van der Waals surface area contributed by atoms with E-state index in [1.165, 1.54) is 56.9 Å². The number of sulfonamides is 1. The van der Waals surface area contributed by atoms with Gasteiger partial charge in [-0.2, -0.15) is 0 Å². The van der Waals surface area contributed by atoms with E-state index in [1.54, 1.807) is 4.90 Å². The molecule has 1 heterocycles. The maximum absolute atomic E-state index is 12.5. The van der Waals surface area contributed by atoms with Crippen LogP contribution < -0.4 is 10.0 Å². The molecule has 2 fully saturated rings. The molecule has 1 saturated carbocycles. The van der Waals surface area contributed by atoms with Gasteiger partial charge < -0.3 is 10.2 Å². The Labute approximate surface area is 160 Å². The first-order valence-corrected chi connectivity index (χ1v) is 11.0. The average Bonchev–Trinajstić information content (AvgIpc) is 2.66. The van der Waals surface area contributed by atoms with Gasteiger partial charge in [-0.15, -0.1) is 0 Å². The summed E-state index contributed by atoms with van der Waals surface area (Å²) < 4.78 is 27.2. The minimum atomic E-state index is -3.77. The van der Waals surface area contributed by atoms with Crippen molar-refractivity contribution >= 4 is 27.5 Å². The number of hydrogen-bond acceptors (Lipinski definition) is 4. The van der Waals surface area contributed by atoms with E-state index in [2.05, 4.69) is 10.0 Å². The van der Waals surface area contributed by atoms with Crippen molar-refractivity contribution in [3.05, 3.63) is 24.3 Å². The van der Waals surface area contributed by atoms with Gasteiger partial charge in [0, 0.05) is 25.7 Å². The average molecular weight is 394 g/mol. The van der Waals surface area contributed by atoms with E-state index in [1.807, 2.05) is 0 Å². The number of rotatable bonds is 5. The first kappa shape index (κ1) is 19.8. The van der Waals surface area contributed by atoms with Crippen molar-refractivity contribution in [2.45, 2.75) is 43.9 Å². The van der Waals surface area contributed by atoms with Crippen molar-refractivity contribution in [3.8, 4) is 0 Å². The third-order valence-corrected chi connectivity index (χ3v) is 6.96. The molecule has 7 nitrogen and oxygen atoms in total. The van der Waals surface area contributed by atoms with Crippen LogP contribution in [0.2, 0.25) is 0 Å². The molecule has 1 aromatic carbocycles. The molecular formula is C19H27N3O4S. The molecule has 1 saturated heterocycles. The third kappa shape index (κ3) is 5.07. The highest BCUT2D eigenvalue weighted by molar-refractivity contribution is 7.89. The molecule has 1 aliphatic heterocycles. The van der Waals surface area contributed by atoms with E-state index in [4.69, 9.17) is 0 Å². The summed E-state index contributed by atoms with van der Waals surface area (Å²) >= 11 is 0. The molecular weight excluding hydrogens is 366 g/mol. The fourth-order valence-electron chi connectivity index (χ4n) is 4.10. The molecule has 2 aliphatic rings. The van der Waals surface area contributed by atoms with Gasteiger partial charge in [-0.05, 0) is 48.9 Å². The van der Waals surface area contributed by atoms with Gasteiger partial charge in [0.1, 0.15) is 0 Å². The Kier molecular flexibility index (Phi) is 6.16. The number of carbonyl (C=O) groups excluding carboxylic acids is 2. The number of anilines is 1. The largest absolute Gasteiger partial charge is 0.341 e. The number of hydrogen-bond donors (Lipinski definition) is 2. The normalized spacial score (nSPS) is 22.8. The maximum atomic E-state index is 12.5. The van der Waals surface area contributed by atoms with Crippen molar-refractivity contribution in [2.24, 2.45) is 11.8 Å². The number of carbonyl (C=O) groups is 2. The van der Waals surface area contributed by atoms with Gasteiger partial charge in [0.05, 0.1) is 11.4 Å². The number of nitrogens with one attached hydrogen (secondary N) is 2. The quantitative estimate of drug-likeness (QED) is 0.799. The van der Waals surface area contributed by atoms with Crippen molar-refractivity contribution < 1.29 is 18.0 Å². The number of amides is 2. The smallest absolute Gasteiger partial charge is 0.241 e. The number of piperidine rings is 1. The first-order chi connectivity index (χ1) is 12.8. The number of benzene rings is 1. The van der Waals surface area contributed by atoms with E-state index in [0.717, 1.165) is 18.9 Å². The molecule has 0 unspecified atom stereocenters. The predicted octanol–water partition coefficient (Wildman–Crippen LogP) is 1.96. The van der Waals surface area contributed by atoms with Crippen molar-refractivity contribution in [1.29, 1.82) is 0 Å². The lowest BCUT2D eigenvalue weighted by Gasteiger charge is -2.41. The Bertz CT molecular complexity index is 792. The topological polar surface area (TPSA) is 95.6 Å². The predicted molar refractivity (Wildman–Crippen MR) is 103 cm³/mol. The second-order valence-electron chi connectivity index (χ2n) is 7.46. The first-order valence-electron chi connectivity index (χ1n) is 9.50. The van der Waals surface area contributed by atoms with Crippen LogP contribution in [0.15, 0.2) is 29.2 Å². The molecule has 0 bridgehead atoms. The van der Waals surface area contributed by atoms with Crippen LogP contribution in [-0.4, -0.2) is 44.8 Å². The molecule has 27 heavy (non-hydrogen) atoms. The van der Waals surface area contributed by atoms with Crippen LogP contribution in [0, 0.1) is 11.8 Å². The zero-order valence-electron chi connectivity index (χ0n) is 15.6. The highest BCUT2D eigenvalue weighted by Gasteiger charge is 2.33. The molecule has 2 atom stereocenters. The number of nitrogens with zero attached hydrogens (tertiary/aromatic N) is 1. The van der Waals surface area contributed by atoms with Gasteiger partial charge in [-0.3, -0.25) is 9.59 Å². The summed E-state index contributed by atoms with van der Waals surface area (Å²) in [6, 6.07) is 5.86. The van der Waals surface area contributed by atoms with Gasteiger partial charge in [-0.1, -0.05) is 19.3 Å². The third-order valence-electron chi connectivity index (χ3n) is 5.54. The molecule has 2 amide bonds.